The molecule has 14 aromatic rings. The van der Waals surface area contributed by atoms with Gasteiger partial charge in [-0.2, -0.15) is 0 Å². The number of anilines is 6. The molecule has 2 heterocycles. The highest BCUT2D eigenvalue weighted by Crippen LogP contribution is 2.66. The first-order valence-corrected chi connectivity index (χ1v) is 28.4. The van der Waals surface area contributed by atoms with Crippen molar-refractivity contribution in [1.82, 2.24) is 0 Å². The van der Waals surface area contributed by atoms with E-state index < -0.39 is 5.41 Å². The molecule has 0 saturated heterocycles. The fourth-order valence-corrected chi connectivity index (χ4v) is 14.2. The molecule has 0 fully saturated rings. The lowest BCUT2D eigenvalue weighted by molar-refractivity contribution is 0.572. The molecule has 0 unspecified atom stereocenters. The van der Waals surface area contributed by atoms with Crippen LogP contribution < -0.4 is 9.80 Å². The maximum absolute atomic E-state index is 7.23. The van der Waals surface area contributed by atoms with Crippen LogP contribution in [0.2, 0.25) is 0 Å². The van der Waals surface area contributed by atoms with E-state index in [2.05, 4.69) is 294 Å². The predicted octanol–water partition coefficient (Wildman–Crippen LogP) is 21.7. The summed E-state index contributed by atoms with van der Waals surface area (Å²) < 4.78 is 14.3. The Balaban J connectivity index is 0.969. The second kappa shape index (κ2) is 17.2. The highest BCUT2D eigenvalue weighted by Gasteiger charge is 2.53. The molecular weight excluding hydrogens is 985 g/mol. The minimum Gasteiger partial charge on any atom is -0.454 e. The third-order valence-corrected chi connectivity index (χ3v) is 17.6. The third kappa shape index (κ3) is 6.77. The minimum atomic E-state index is -0.667. The first-order valence-electron chi connectivity index (χ1n) is 28.4. The Morgan fingerprint density at radius 2 is 0.765 bits per heavy atom. The Morgan fingerprint density at radius 3 is 1.33 bits per heavy atom. The zero-order valence-corrected chi connectivity index (χ0v) is 46.3. The summed E-state index contributed by atoms with van der Waals surface area (Å²) in [7, 11) is 0. The molecule has 0 saturated carbocycles. The SMILES string of the molecule is CC(C)(C)c1cccc2c1oc1c(N(c3ccccc3)c3ccc4cc5c(cc4c3)C3(c4ccccc4-c4ccccc43)c3cc(N(c4ccccc4)c4cccc6c4oc4c(C(C)(C)C)cccc46)c4ccccc4c3-5)cccc12. The van der Waals surface area contributed by atoms with E-state index in [0.29, 0.717) is 0 Å². The quantitative estimate of drug-likeness (QED) is 0.166. The van der Waals surface area contributed by atoms with Crippen LogP contribution in [0.4, 0.5) is 34.1 Å². The molecule has 0 aliphatic heterocycles. The van der Waals surface area contributed by atoms with E-state index in [9.17, 15) is 0 Å². The van der Waals surface area contributed by atoms with Gasteiger partial charge in [0.05, 0.1) is 22.5 Å². The molecule has 0 bridgehead atoms. The summed E-state index contributed by atoms with van der Waals surface area (Å²) in [5, 5.41) is 9.17. The zero-order chi connectivity index (χ0) is 54.5. The van der Waals surface area contributed by atoms with Gasteiger partial charge in [0.1, 0.15) is 11.2 Å². The fourth-order valence-electron chi connectivity index (χ4n) is 14.2. The van der Waals surface area contributed by atoms with Gasteiger partial charge in [-0.05, 0) is 138 Å². The lowest BCUT2D eigenvalue weighted by Gasteiger charge is -2.33. The van der Waals surface area contributed by atoms with Crippen LogP contribution in [0.5, 0.6) is 0 Å². The van der Waals surface area contributed by atoms with Gasteiger partial charge in [-0.25, -0.2) is 0 Å². The molecular formula is C77H58N2O2. The highest BCUT2D eigenvalue weighted by molar-refractivity contribution is 6.17. The van der Waals surface area contributed by atoms with Gasteiger partial charge in [-0.1, -0.05) is 217 Å². The maximum Gasteiger partial charge on any atom is 0.159 e. The molecule has 2 aliphatic rings. The Morgan fingerprint density at radius 1 is 0.296 bits per heavy atom. The summed E-state index contributed by atoms with van der Waals surface area (Å²) in [6, 6.07) is 89.9. The molecule has 4 heteroatoms. The van der Waals surface area contributed by atoms with E-state index in [1.165, 1.54) is 66.4 Å². The van der Waals surface area contributed by atoms with Crippen LogP contribution in [0.3, 0.4) is 0 Å². The number of rotatable bonds is 6. The summed E-state index contributed by atoms with van der Waals surface area (Å²) in [5.74, 6) is 0. The number of hydrogen-bond acceptors (Lipinski definition) is 4. The van der Waals surface area contributed by atoms with Gasteiger partial charge in [0.2, 0.25) is 0 Å². The van der Waals surface area contributed by atoms with Crippen molar-refractivity contribution >= 4 is 99.5 Å². The van der Waals surface area contributed by atoms with E-state index in [1.54, 1.807) is 0 Å². The molecule has 0 N–H and O–H groups in total. The molecule has 0 amide bonds. The third-order valence-electron chi connectivity index (χ3n) is 17.6. The molecule has 0 atom stereocenters. The van der Waals surface area contributed by atoms with Crippen molar-refractivity contribution in [3.05, 3.63) is 276 Å². The van der Waals surface area contributed by atoms with Crippen molar-refractivity contribution in [3.8, 4) is 22.3 Å². The van der Waals surface area contributed by atoms with Crippen LogP contribution >= 0.6 is 0 Å². The number of nitrogens with zero attached hydrogens (tertiary/aromatic N) is 2. The van der Waals surface area contributed by atoms with Crippen molar-refractivity contribution in [1.29, 1.82) is 0 Å². The summed E-state index contributed by atoms with van der Waals surface area (Å²) in [6.45, 7) is 13.6. The van der Waals surface area contributed by atoms with Gasteiger partial charge in [-0.15, -0.1) is 0 Å². The molecule has 388 valence electrons. The molecule has 16 rings (SSSR count). The molecule has 4 nitrogen and oxygen atoms in total. The van der Waals surface area contributed by atoms with Crippen LogP contribution in [0, 0.1) is 0 Å². The van der Waals surface area contributed by atoms with Gasteiger partial charge < -0.3 is 18.6 Å². The summed E-state index contributed by atoms with van der Waals surface area (Å²) in [5.41, 5.74) is 21.5. The van der Waals surface area contributed by atoms with Crippen LogP contribution in [-0.2, 0) is 16.2 Å². The lowest BCUT2D eigenvalue weighted by atomic mass is 9.70. The Labute approximate surface area is 471 Å². The van der Waals surface area contributed by atoms with E-state index in [0.717, 1.165) is 88.8 Å². The lowest BCUT2D eigenvalue weighted by Crippen LogP contribution is -2.26. The fraction of sp³-hybridized carbons (Fsp3) is 0.117. The largest absolute Gasteiger partial charge is 0.454 e. The first-order chi connectivity index (χ1) is 39.5. The van der Waals surface area contributed by atoms with Crippen molar-refractivity contribution in [2.75, 3.05) is 9.80 Å². The van der Waals surface area contributed by atoms with Gasteiger partial charge in [-0.3, -0.25) is 0 Å². The van der Waals surface area contributed by atoms with Gasteiger partial charge in [0, 0.05) is 55.1 Å². The molecule has 2 aromatic heterocycles. The average Bonchev–Trinajstić information content (AvgIpc) is 4.36. The topological polar surface area (TPSA) is 32.8 Å². The van der Waals surface area contributed by atoms with E-state index in [4.69, 9.17) is 8.83 Å². The summed E-state index contributed by atoms with van der Waals surface area (Å²) >= 11 is 0. The zero-order valence-electron chi connectivity index (χ0n) is 46.3. The highest BCUT2D eigenvalue weighted by atomic mass is 16.3. The van der Waals surface area contributed by atoms with E-state index in [1.807, 2.05) is 0 Å². The normalized spacial score (nSPS) is 13.4. The molecule has 2 aliphatic carbocycles. The Bertz CT molecular complexity index is 4870. The maximum atomic E-state index is 7.23. The predicted molar refractivity (Wildman–Crippen MR) is 339 cm³/mol. The Kier molecular flexibility index (Phi) is 10.0. The van der Waals surface area contributed by atoms with Crippen molar-refractivity contribution in [2.45, 2.75) is 57.8 Å². The minimum absolute atomic E-state index is 0.0986. The molecule has 81 heavy (non-hydrogen) atoms. The number of para-hydroxylation sites is 6. The summed E-state index contributed by atoms with van der Waals surface area (Å²) in [4.78, 5) is 4.84. The van der Waals surface area contributed by atoms with E-state index in [-0.39, 0.29) is 10.8 Å². The average molecular weight is 1040 g/mol. The van der Waals surface area contributed by atoms with Gasteiger partial charge in [0.25, 0.3) is 0 Å². The second-order valence-corrected chi connectivity index (χ2v) is 24.4. The molecule has 12 aromatic carbocycles. The molecule has 1 spiro atoms. The van der Waals surface area contributed by atoms with Crippen LogP contribution in [0.15, 0.2) is 251 Å². The monoisotopic (exact) mass is 1040 g/mol. The first kappa shape index (κ1) is 47.4. The van der Waals surface area contributed by atoms with Crippen molar-refractivity contribution in [2.24, 2.45) is 0 Å². The Hall–Kier alpha value is -9.64. The van der Waals surface area contributed by atoms with Crippen molar-refractivity contribution in [3.63, 3.8) is 0 Å². The van der Waals surface area contributed by atoms with Crippen LogP contribution in [0.25, 0.3) is 87.7 Å². The number of furan rings is 2. The molecule has 0 radical (unpaired) electrons. The van der Waals surface area contributed by atoms with Crippen LogP contribution in [-0.4, -0.2) is 0 Å². The van der Waals surface area contributed by atoms with Gasteiger partial charge >= 0.3 is 0 Å². The standard InChI is InChI=1S/C77H58N2O2/c1-75(2,3)63-37-19-31-56-58-33-21-39-67(73(58)80-71(56)63)78(49-23-9-7-10-24-49)51-42-41-47-44-60-65(45-48(47)43-51)77(61-35-17-15-27-52(61)53-28-16-18-36-62(53)77)66-46-69(54-29-13-14-30-55(54)70(60)66)79(50-25-11-8-12-26-50)68-40-22-34-59-57-32-20-38-64(76(4,5)6)72(57)81-74(59)68/h7-46H,1-6H3. The van der Waals surface area contributed by atoms with Gasteiger partial charge in [0.15, 0.2) is 11.2 Å². The van der Waals surface area contributed by atoms with E-state index >= 15 is 0 Å². The second-order valence-electron chi connectivity index (χ2n) is 24.4. The summed E-state index contributed by atoms with van der Waals surface area (Å²) in [6.07, 6.45) is 0. The van der Waals surface area contributed by atoms with Crippen molar-refractivity contribution < 1.29 is 8.83 Å². The smallest absolute Gasteiger partial charge is 0.159 e. The number of benzene rings is 12. The number of hydrogen-bond donors (Lipinski definition) is 0. The number of fused-ring (bicyclic) bond motifs is 19. The van der Waals surface area contributed by atoms with Crippen LogP contribution in [0.1, 0.15) is 74.9 Å².